The minimum atomic E-state index is -0.258. The molecule has 1 aromatic rings. The Labute approximate surface area is 159 Å². The average Bonchev–Trinajstić information content (AvgIpc) is 2.80. The number of rotatable bonds is 3. The third-order valence-corrected chi connectivity index (χ3v) is 6.04. The highest BCUT2D eigenvalue weighted by molar-refractivity contribution is 8.00. The van der Waals surface area contributed by atoms with Gasteiger partial charge in [-0.05, 0) is 25.5 Å². The molecule has 1 atom stereocenters. The average molecular weight is 378 g/mol. The van der Waals surface area contributed by atoms with Gasteiger partial charge in [0.05, 0.1) is 18.8 Å². The first-order valence-corrected chi connectivity index (χ1v) is 10.2. The van der Waals surface area contributed by atoms with Gasteiger partial charge in [-0.3, -0.25) is 9.69 Å². The summed E-state index contributed by atoms with van der Waals surface area (Å²) in [4.78, 5) is 31.7. The number of fused-ring (bicyclic) bond motifs is 1. The molecule has 0 aliphatic carbocycles. The van der Waals surface area contributed by atoms with Crippen LogP contribution in [0.5, 0.6) is 0 Å². The predicted molar refractivity (Wildman–Crippen MR) is 104 cm³/mol. The van der Waals surface area contributed by atoms with Crippen molar-refractivity contribution < 1.29 is 14.3 Å². The highest BCUT2D eigenvalue weighted by Gasteiger charge is 2.27. The molecule has 0 saturated carbocycles. The molecule has 0 N–H and O–H groups in total. The Balaban J connectivity index is 1.60. The van der Waals surface area contributed by atoms with Gasteiger partial charge in [-0.25, -0.2) is 4.79 Å². The van der Waals surface area contributed by atoms with Gasteiger partial charge < -0.3 is 14.5 Å². The Morgan fingerprint density at radius 2 is 1.88 bits per heavy atom. The molecule has 1 fully saturated rings. The van der Waals surface area contributed by atoms with Gasteiger partial charge >= 0.3 is 6.09 Å². The van der Waals surface area contributed by atoms with Crippen LogP contribution >= 0.6 is 11.8 Å². The molecule has 7 heteroatoms. The van der Waals surface area contributed by atoms with Crippen molar-refractivity contribution in [3.05, 3.63) is 24.3 Å². The Morgan fingerprint density at radius 3 is 2.62 bits per heavy atom. The molecule has 0 unspecified atom stereocenters. The molecule has 0 aromatic heterocycles. The van der Waals surface area contributed by atoms with E-state index in [1.165, 1.54) is 4.90 Å². The molecule has 2 aliphatic rings. The van der Waals surface area contributed by atoms with Crippen LogP contribution in [0.2, 0.25) is 0 Å². The van der Waals surface area contributed by atoms with E-state index in [2.05, 4.69) is 17.9 Å². The number of carbonyl (C=O) groups is 2. The Morgan fingerprint density at radius 1 is 1.15 bits per heavy atom. The van der Waals surface area contributed by atoms with E-state index in [1.807, 2.05) is 41.8 Å². The largest absolute Gasteiger partial charge is 0.450 e. The maximum atomic E-state index is 13.0. The SMILES string of the molecule is CCOC(=O)N1CCN(CC(=O)N2CC[C@@H](C)Sc3ccccc32)CC1. The molecule has 2 heterocycles. The number of ether oxygens (including phenoxy) is 1. The summed E-state index contributed by atoms with van der Waals surface area (Å²) in [6, 6.07) is 8.16. The third kappa shape index (κ3) is 4.51. The minimum absolute atomic E-state index is 0.136. The van der Waals surface area contributed by atoms with Gasteiger partial charge in [0, 0.05) is 42.9 Å². The predicted octanol–water partition coefficient (Wildman–Crippen LogP) is 2.68. The van der Waals surface area contributed by atoms with Gasteiger partial charge in [0.25, 0.3) is 0 Å². The van der Waals surface area contributed by atoms with E-state index in [1.54, 1.807) is 4.90 Å². The second kappa shape index (κ2) is 8.77. The first kappa shape index (κ1) is 19.0. The van der Waals surface area contributed by atoms with Crippen molar-refractivity contribution >= 4 is 29.4 Å². The normalized spacial score (nSPS) is 21.1. The summed E-state index contributed by atoms with van der Waals surface area (Å²) in [5.41, 5.74) is 1.03. The first-order chi connectivity index (χ1) is 12.6. The molecule has 2 aliphatic heterocycles. The van der Waals surface area contributed by atoms with Gasteiger partial charge in [-0.1, -0.05) is 19.1 Å². The number of nitrogens with zero attached hydrogens (tertiary/aromatic N) is 3. The lowest BCUT2D eigenvalue weighted by molar-refractivity contribution is -0.120. The van der Waals surface area contributed by atoms with Crippen LogP contribution < -0.4 is 4.90 Å². The number of hydrogen-bond acceptors (Lipinski definition) is 5. The van der Waals surface area contributed by atoms with Crippen molar-refractivity contribution in [2.45, 2.75) is 30.4 Å². The number of thioether (sulfide) groups is 1. The fraction of sp³-hybridized carbons (Fsp3) is 0.579. The van der Waals surface area contributed by atoms with Crippen LogP contribution in [-0.4, -0.2) is 72.9 Å². The number of benzene rings is 1. The quantitative estimate of drug-likeness (QED) is 0.811. The summed E-state index contributed by atoms with van der Waals surface area (Å²) in [5.74, 6) is 0.136. The summed E-state index contributed by atoms with van der Waals surface area (Å²) in [7, 11) is 0. The highest BCUT2D eigenvalue weighted by atomic mass is 32.2. The van der Waals surface area contributed by atoms with Crippen molar-refractivity contribution in [1.29, 1.82) is 0 Å². The molecule has 142 valence electrons. The van der Waals surface area contributed by atoms with Crippen LogP contribution in [-0.2, 0) is 9.53 Å². The molecule has 2 amide bonds. The molecule has 1 aromatic carbocycles. The number of amides is 2. The zero-order chi connectivity index (χ0) is 18.5. The summed E-state index contributed by atoms with van der Waals surface area (Å²) >= 11 is 1.84. The molecular formula is C19H27N3O3S. The van der Waals surface area contributed by atoms with Gasteiger partial charge in [0.1, 0.15) is 0 Å². The zero-order valence-corrected chi connectivity index (χ0v) is 16.3. The van der Waals surface area contributed by atoms with Crippen molar-refractivity contribution in [1.82, 2.24) is 9.80 Å². The molecule has 1 saturated heterocycles. The van der Waals surface area contributed by atoms with Crippen molar-refractivity contribution in [2.24, 2.45) is 0 Å². The summed E-state index contributed by atoms with van der Waals surface area (Å²) in [6.07, 6.45) is 0.729. The van der Waals surface area contributed by atoms with Gasteiger partial charge in [0.2, 0.25) is 5.91 Å². The second-order valence-corrected chi connectivity index (χ2v) is 8.17. The molecule has 0 spiro atoms. The number of piperazine rings is 1. The van der Waals surface area contributed by atoms with Crippen LogP contribution in [0.1, 0.15) is 20.3 Å². The molecule has 0 bridgehead atoms. The van der Waals surface area contributed by atoms with Gasteiger partial charge in [0.15, 0.2) is 0 Å². The maximum Gasteiger partial charge on any atom is 0.409 e. The van der Waals surface area contributed by atoms with E-state index in [-0.39, 0.29) is 12.0 Å². The summed E-state index contributed by atoms with van der Waals surface area (Å²) in [5, 5.41) is 0.502. The lowest BCUT2D eigenvalue weighted by Crippen LogP contribution is -2.51. The van der Waals surface area contributed by atoms with Crippen LogP contribution in [0.4, 0.5) is 10.5 Å². The fourth-order valence-corrected chi connectivity index (χ4v) is 4.44. The standard InChI is InChI=1S/C19H27N3O3S/c1-3-25-19(24)21-12-10-20(11-13-21)14-18(23)22-9-8-15(2)26-17-7-5-4-6-16(17)22/h4-7,15H,3,8-14H2,1-2H3/t15-/m1/s1. The van der Waals surface area contributed by atoms with E-state index in [9.17, 15) is 9.59 Å². The molecule has 3 rings (SSSR count). The van der Waals surface area contributed by atoms with E-state index >= 15 is 0 Å². The Kier molecular flexibility index (Phi) is 6.43. The number of hydrogen-bond donors (Lipinski definition) is 0. The monoisotopic (exact) mass is 377 g/mol. The summed E-state index contributed by atoms with van der Waals surface area (Å²) < 4.78 is 5.05. The number of anilines is 1. The fourth-order valence-electron chi connectivity index (χ4n) is 3.33. The minimum Gasteiger partial charge on any atom is -0.450 e. The van der Waals surface area contributed by atoms with E-state index in [0.717, 1.165) is 18.7 Å². The smallest absolute Gasteiger partial charge is 0.409 e. The van der Waals surface area contributed by atoms with Gasteiger partial charge in [-0.15, -0.1) is 11.8 Å². The van der Waals surface area contributed by atoms with E-state index < -0.39 is 0 Å². The molecule has 0 radical (unpaired) electrons. The Hall–Kier alpha value is -1.73. The van der Waals surface area contributed by atoms with Crippen molar-refractivity contribution in [3.8, 4) is 0 Å². The van der Waals surface area contributed by atoms with Crippen LogP contribution in [0, 0.1) is 0 Å². The Bertz CT molecular complexity index is 647. The first-order valence-electron chi connectivity index (χ1n) is 9.28. The molecule has 26 heavy (non-hydrogen) atoms. The maximum absolute atomic E-state index is 13.0. The van der Waals surface area contributed by atoms with Crippen LogP contribution in [0.3, 0.4) is 0 Å². The van der Waals surface area contributed by atoms with E-state index in [0.29, 0.717) is 44.6 Å². The lowest BCUT2D eigenvalue weighted by atomic mass is 10.2. The van der Waals surface area contributed by atoms with Gasteiger partial charge in [-0.2, -0.15) is 0 Å². The second-order valence-electron chi connectivity index (χ2n) is 6.69. The molecular weight excluding hydrogens is 350 g/mol. The summed E-state index contributed by atoms with van der Waals surface area (Å²) in [6.45, 7) is 8.18. The topological polar surface area (TPSA) is 53.1 Å². The third-order valence-electron chi connectivity index (χ3n) is 4.80. The lowest BCUT2D eigenvalue weighted by Gasteiger charge is -2.34. The van der Waals surface area contributed by atoms with E-state index in [4.69, 9.17) is 4.74 Å². The van der Waals surface area contributed by atoms with Crippen LogP contribution in [0.25, 0.3) is 0 Å². The van der Waals surface area contributed by atoms with Crippen molar-refractivity contribution in [2.75, 3.05) is 50.8 Å². The highest BCUT2D eigenvalue weighted by Crippen LogP contribution is 2.37. The number of para-hydroxylation sites is 1. The molecule has 6 nitrogen and oxygen atoms in total. The zero-order valence-electron chi connectivity index (χ0n) is 15.5. The van der Waals surface area contributed by atoms with Crippen molar-refractivity contribution in [3.63, 3.8) is 0 Å². The number of carbonyl (C=O) groups excluding carboxylic acids is 2. The van der Waals surface area contributed by atoms with Crippen LogP contribution in [0.15, 0.2) is 29.2 Å².